The van der Waals surface area contributed by atoms with Crippen molar-refractivity contribution in [3.8, 4) is 0 Å². The van der Waals surface area contributed by atoms with Gasteiger partial charge < -0.3 is 15.5 Å². The molecule has 1 aliphatic heterocycles. The molecule has 2 N–H and O–H groups in total. The number of nitrogens with zero attached hydrogens (tertiary/aromatic N) is 2. The molecule has 0 aromatic heterocycles. The maximum absolute atomic E-state index is 4.74. The zero-order chi connectivity index (χ0) is 14.8. The standard InChI is InChI=1S/C16H34N4.HI/c1-5-14(6-2)11-18-16(17-7-3)19-12-15-9-10-20(8-4)13-15;/h14-15H,5-13H2,1-4H3,(H2,17,18,19);1H. The molecule has 0 aromatic rings. The van der Waals surface area contributed by atoms with E-state index in [1.807, 2.05) is 0 Å². The molecule has 126 valence electrons. The quantitative estimate of drug-likeness (QED) is 0.367. The van der Waals surface area contributed by atoms with E-state index in [1.54, 1.807) is 0 Å². The summed E-state index contributed by atoms with van der Waals surface area (Å²) < 4.78 is 0. The fraction of sp³-hybridized carbons (Fsp3) is 0.938. The predicted octanol–water partition coefficient (Wildman–Crippen LogP) is 2.94. The number of hydrogen-bond donors (Lipinski definition) is 2. The zero-order valence-electron chi connectivity index (χ0n) is 14.3. The fourth-order valence-corrected chi connectivity index (χ4v) is 2.72. The van der Waals surface area contributed by atoms with Gasteiger partial charge in [-0.2, -0.15) is 0 Å². The van der Waals surface area contributed by atoms with E-state index < -0.39 is 0 Å². The first kappa shape index (κ1) is 21.0. The summed E-state index contributed by atoms with van der Waals surface area (Å²) in [5, 5.41) is 6.88. The fourth-order valence-electron chi connectivity index (χ4n) is 2.72. The van der Waals surface area contributed by atoms with Crippen molar-refractivity contribution in [2.45, 2.75) is 47.0 Å². The summed E-state index contributed by atoms with van der Waals surface area (Å²) in [6.07, 6.45) is 3.74. The van der Waals surface area contributed by atoms with E-state index in [9.17, 15) is 0 Å². The van der Waals surface area contributed by atoms with Gasteiger partial charge in [-0.3, -0.25) is 4.99 Å². The van der Waals surface area contributed by atoms with Crippen molar-refractivity contribution in [1.82, 2.24) is 15.5 Å². The summed E-state index contributed by atoms with van der Waals surface area (Å²) >= 11 is 0. The lowest BCUT2D eigenvalue weighted by Gasteiger charge is -2.17. The number of rotatable bonds is 8. The Labute approximate surface area is 148 Å². The number of guanidine groups is 1. The van der Waals surface area contributed by atoms with Gasteiger partial charge in [0, 0.05) is 26.2 Å². The van der Waals surface area contributed by atoms with Crippen LogP contribution in [0.15, 0.2) is 4.99 Å². The molecule has 1 atom stereocenters. The van der Waals surface area contributed by atoms with Crippen LogP contribution >= 0.6 is 24.0 Å². The summed E-state index contributed by atoms with van der Waals surface area (Å²) in [7, 11) is 0. The molecule has 4 nitrogen and oxygen atoms in total. The topological polar surface area (TPSA) is 39.7 Å². The molecule has 0 spiro atoms. The zero-order valence-corrected chi connectivity index (χ0v) is 16.7. The molecule has 1 unspecified atom stereocenters. The van der Waals surface area contributed by atoms with E-state index in [4.69, 9.17) is 4.99 Å². The van der Waals surface area contributed by atoms with Gasteiger partial charge in [-0.15, -0.1) is 24.0 Å². The van der Waals surface area contributed by atoms with Crippen molar-refractivity contribution in [1.29, 1.82) is 0 Å². The molecule has 21 heavy (non-hydrogen) atoms. The first-order valence-electron chi connectivity index (χ1n) is 8.47. The van der Waals surface area contributed by atoms with Crippen molar-refractivity contribution < 1.29 is 0 Å². The molecule has 1 fully saturated rings. The molecular formula is C16H35IN4. The lowest BCUT2D eigenvalue weighted by atomic mass is 10.0. The first-order chi connectivity index (χ1) is 9.73. The molecule has 1 aliphatic rings. The van der Waals surface area contributed by atoms with E-state index in [-0.39, 0.29) is 24.0 Å². The second-order valence-electron chi connectivity index (χ2n) is 5.83. The van der Waals surface area contributed by atoms with Crippen molar-refractivity contribution >= 4 is 29.9 Å². The van der Waals surface area contributed by atoms with Gasteiger partial charge in [0.05, 0.1) is 0 Å². The smallest absolute Gasteiger partial charge is 0.191 e. The van der Waals surface area contributed by atoms with Crippen molar-refractivity contribution in [3.05, 3.63) is 0 Å². The Balaban J connectivity index is 0.00000400. The van der Waals surface area contributed by atoms with Gasteiger partial charge in [-0.05, 0) is 38.3 Å². The second kappa shape index (κ2) is 12.5. The average Bonchev–Trinajstić information content (AvgIpc) is 2.93. The van der Waals surface area contributed by atoms with Crippen LogP contribution in [-0.2, 0) is 0 Å². The summed E-state index contributed by atoms with van der Waals surface area (Å²) in [5.74, 6) is 2.48. The maximum atomic E-state index is 4.74. The van der Waals surface area contributed by atoms with Gasteiger partial charge in [-0.25, -0.2) is 0 Å². The molecule has 0 amide bonds. The highest BCUT2D eigenvalue weighted by Crippen LogP contribution is 2.14. The van der Waals surface area contributed by atoms with E-state index in [1.165, 1.54) is 38.9 Å². The van der Waals surface area contributed by atoms with Crippen molar-refractivity contribution in [3.63, 3.8) is 0 Å². The minimum absolute atomic E-state index is 0. The van der Waals surface area contributed by atoms with Gasteiger partial charge in [0.25, 0.3) is 0 Å². The van der Waals surface area contributed by atoms with Gasteiger partial charge >= 0.3 is 0 Å². The highest BCUT2D eigenvalue weighted by atomic mass is 127. The maximum Gasteiger partial charge on any atom is 0.191 e. The van der Waals surface area contributed by atoms with E-state index in [0.717, 1.165) is 31.5 Å². The number of halogens is 1. The molecule has 0 radical (unpaired) electrons. The number of nitrogens with one attached hydrogen (secondary N) is 2. The average molecular weight is 410 g/mol. The highest BCUT2D eigenvalue weighted by molar-refractivity contribution is 14.0. The van der Waals surface area contributed by atoms with Crippen LogP contribution in [0.2, 0.25) is 0 Å². The van der Waals surface area contributed by atoms with E-state index in [0.29, 0.717) is 5.92 Å². The van der Waals surface area contributed by atoms with E-state index in [2.05, 4.69) is 43.2 Å². The van der Waals surface area contributed by atoms with Crippen LogP contribution in [-0.4, -0.2) is 50.1 Å². The Bertz CT molecular complexity index is 279. The molecule has 1 heterocycles. The van der Waals surface area contributed by atoms with Crippen LogP contribution < -0.4 is 10.6 Å². The first-order valence-corrected chi connectivity index (χ1v) is 8.47. The van der Waals surface area contributed by atoms with Crippen LogP contribution in [0.4, 0.5) is 0 Å². The third-order valence-electron chi connectivity index (χ3n) is 4.38. The van der Waals surface area contributed by atoms with Crippen LogP contribution in [0, 0.1) is 11.8 Å². The largest absolute Gasteiger partial charge is 0.357 e. The SMILES string of the molecule is CCNC(=NCC(CC)CC)NCC1CCN(CC)C1.I. The Kier molecular flexibility index (Phi) is 12.5. The van der Waals surface area contributed by atoms with Crippen LogP contribution in [0.3, 0.4) is 0 Å². The number of hydrogen-bond acceptors (Lipinski definition) is 2. The predicted molar refractivity (Wildman–Crippen MR) is 104 cm³/mol. The summed E-state index contributed by atoms with van der Waals surface area (Å²) in [6.45, 7) is 15.5. The molecule has 5 heteroatoms. The molecule has 0 aliphatic carbocycles. The number of likely N-dealkylation sites (tertiary alicyclic amines) is 1. The van der Waals surface area contributed by atoms with Gasteiger partial charge in [-0.1, -0.05) is 33.6 Å². The minimum atomic E-state index is 0. The van der Waals surface area contributed by atoms with Crippen LogP contribution in [0.25, 0.3) is 0 Å². The Morgan fingerprint density at radius 2 is 1.90 bits per heavy atom. The summed E-state index contributed by atoms with van der Waals surface area (Å²) in [5.41, 5.74) is 0. The van der Waals surface area contributed by atoms with Crippen LogP contribution in [0.5, 0.6) is 0 Å². The monoisotopic (exact) mass is 410 g/mol. The Morgan fingerprint density at radius 1 is 1.19 bits per heavy atom. The molecule has 1 rings (SSSR count). The third kappa shape index (κ3) is 8.24. The Hall–Kier alpha value is -0.0400. The molecule has 0 saturated carbocycles. The second-order valence-corrected chi connectivity index (χ2v) is 5.83. The van der Waals surface area contributed by atoms with E-state index >= 15 is 0 Å². The summed E-state index contributed by atoms with van der Waals surface area (Å²) in [4.78, 5) is 7.26. The lowest BCUT2D eigenvalue weighted by Crippen LogP contribution is -2.40. The lowest BCUT2D eigenvalue weighted by molar-refractivity contribution is 0.341. The normalized spacial score (nSPS) is 19.7. The highest BCUT2D eigenvalue weighted by Gasteiger charge is 2.20. The Morgan fingerprint density at radius 3 is 2.43 bits per heavy atom. The molecular weight excluding hydrogens is 375 g/mol. The molecule has 1 saturated heterocycles. The number of aliphatic imine (C=N–C) groups is 1. The van der Waals surface area contributed by atoms with Gasteiger partial charge in [0.1, 0.15) is 0 Å². The van der Waals surface area contributed by atoms with Crippen LogP contribution in [0.1, 0.15) is 47.0 Å². The minimum Gasteiger partial charge on any atom is -0.357 e. The van der Waals surface area contributed by atoms with Gasteiger partial charge in [0.15, 0.2) is 5.96 Å². The molecule has 0 bridgehead atoms. The molecule has 0 aromatic carbocycles. The van der Waals surface area contributed by atoms with Crippen molar-refractivity contribution in [2.75, 3.05) is 39.3 Å². The van der Waals surface area contributed by atoms with Crippen molar-refractivity contribution in [2.24, 2.45) is 16.8 Å². The summed E-state index contributed by atoms with van der Waals surface area (Å²) in [6, 6.07) is 0. The van der Waals surface area contributed by atoms with Gasteiger partial charge in [0.2, 0.25) is 0 Å². The third-order valence-corrected chi connectivity index (χ3v) is 4.38.